The number of unbranched alkanes of at least 4 members (excludes halogenated alkanes) is 1. The van der Waals surface area contributed by atoms with E-state index in [-0.39, 0.29) is 38.1 Å². The molecule has 8 heteroatoms. The zero-order chi connectivity index (χ0) is 19.6. The Bertz CT molecular complexity index is 625. The molecule has 2 atom stereocenters. The van der Waals surface area contributed by atoms with Crippen LogP contribution in [0.3, 0.4) is 0 Å². The highest BCUT2D eigenvalue weighted by Crippen LogP contribution is 2.19. The molecule has 1 aromatic carbocycles. The summed E-state index contributed by atoms with van der Waals surface area (Å²) in [6.45, 7) is 2.42. The number of nitrogens with one attached hydrogen (secondary N) is 1. The van der Waals surface area contributed by atoms with Crippen LogP contribution < -0.4 is 5.32 Å². The molecule has 0 bridgehead atoms. The Kier molecular flexibility index (Phi) is 8.22. The van der Waals surface area contributed by atoms with Crippen LogP contribution >= 0.6 is 0 Å². The van der Waals surface area contributed by atoms with Gasteiger partial charge in [0.25, 0.3) is 0 Å². The summed E-state index contributed by atoms with van der Waals surface area (Å²) in [6, 6.07) is 8.78. The second-order valence-electron chi connectivity index (χ2n) is 6.59. The highest BCUT2D eigenvalue weighted by molar-refractivity contribution is 5.89. The molecule has 2 rings (SSSR count). The Morgan fingerprint density at radius 2 is 2.15 bits per heavy atom. The van der Waals surface area contributed by atoms with E-state index >= 15 is 0 Å². The number of ether oxygens (including phenoxy) is 1. The highest BCUT2D eigenvalue weighted by Gasteiger charge is 2.38. The largest absolute Gasteiger partial charge is 0.358 e. The third kappa shape index (κ3) is 6.04. The molecule has 1 aromatic rings. The molecule has 1 fully saturated rings. The molecular weight excluding hydrogens is 350 g/mol. The molecule has 0 spiro atoms. The van der Waals surface area contributed by atoms with Crippen molar-refractivity contribution in [2.24, 2.45) is 5.92 Å². The lowest BCUT2D eigenvalue weighted by Crippen LogP contribution is -2.50. The van der Waals surface area contributed by atoms with Gasteiger partial charge in [-0.05, 0) is 12.0 Å². The van der Waals surface area contributed by atoms with Gasteiger partial charge in [-0.3, -0.25) is 19.6 Å². The Labute approximate surface area is 159 Å². The molecule has 148 valence electrons. The third-order valence-electron chi connectivity index (χ3n) is 4.56. The van der Waals surface area contributed by atoms with Crippen LogP contribution in [0.2, 0.25) is 0 Å². The fourth-order valence-electron chi connectivity index (χ4n) is 3.03. The molecule has 2 N–H and O–H groups in total. The van der Waals surface area contributed by atoms with Gasteiger partial charge in [0.1, 0.15) is 12.8 Å². The van der Waals surface area contributed by atoms with E-state index in [0.717, 1.165) is 18.4 Å². The van der Waals surface area contributed by atoms with Gasteiger partial charge in [0.2, 0.25) is 18.2 Å². The maximum Gasteiger partial charge on any atom is 0.245 e. The maximum atomic E-state index is 12.9. The van der Waals surface area contributed by atoms with Gasteiger partial charge in [0.05, 0.1) is 19.1 Å². The fraction of sp³-hybridized carbons (Fsp3) is 0.526. The zero-order valence-corrected chi connectivity index (χ0v) is 15.5. The number of hydroxylamine groups is 2. The van der Waals surface area contributed by atoms with Crippen LogP contribution in [0.25, 0.3) is 0 Å². The summed E-state index contributed by atoms with van der Waals surface area (Å²) in [4.78, 5) is 37.6. The molecule has 0 aromatic heterocycles. The van der Waals surface area contributed by atoms with Crippen molar-refractivity contribution in [1.82, 2.24) is 15.3 Å². The summed E-state index contributed by atoms with van der Waals surface area (Å²) in [6.07, 6.45) is 2.46. The minimum atomic E-state index is -0.714. The van der Waals surface area contributed by atoms with Crippen molar-refractivity contribution >= 4 is 18.2 Å². The summed E-state index contributed by atoms with van der Waals surface area (Å²) in [5.41, 5.74) is 0.963. The van der Waals surface area contributed by atoms with Crippen molar-refractivity contribution in [3.8, 4) is 0 Å². The summed E-state index contributed by atoms with van der Waals surface area (Å²) in [5, 5.41) is 12.8. The lowest BCUT2D eigenvalue weighted by Gasteiger charge is -2.27. The molecule has 0 radical (unpaired) electrons. The van der Waals surface area contributed by atoms with Crippen LogP contribution in [-0.4, -0.2) is 59.3 Å². The first-order valence-corrected chi connectivity index (χ1v) is 9.17. The van der Waals surface area contributed by atoms with Crippen molar-refractivity contribution < 1.29 is 24.3 Å². The van der Waals surface area contributed by atoms with Crippen LogP contribution in [0.5, 0.6) is 0 Å². The lowest BCUT2D eigenvalue weighted by atomic mass is 9.99. The van der Waals surface area contributed by atoms with Gasteiger partial charge in [0, 0.05) is 6.54 Å². The van der Waals surface area contributed by atoms with Crippen LogP contribution in [0.1, 0.15) is 31.7 Å². The average Bonchev–Trinajstić information content (AvgIpc) is 3.19. The van der Waals surface area contributed by atoms with Crippen molar-refractivity contribution in [2.75, 3.05) is 19.9 Å². The van der Waals surface area contributed by atoms with E-state index in [1.54, 1.807) is 0 Å². The van der Waals surface area contributed by atoms with Gasteiger partial charge in [-0.25, -0.2) is 5.06 Å². The summed E-state index contributed by atoms with van der Waals surface area (Å²) < 4.78 is 5.35. The monoisotopic (exact) mass is 377 g/mol. The molecule has 1 heterocycles. The fourth-order valence-corrected chi connectivity index (χ4v) is 3.03. The highest BCUT2D eigenvalue weighted by atomic mass is 16.5. The number of amides is 3. The first-order valence-electron chi connectivity index (χ1n) is 9.17. The summed E-state index contributed by atoms with van der Waals surface area (Å²) in [5.74, 6) is -1.15. The number of hydrogen-bond acceptors (Lipinski definition) is 5. The molecule has 1 aliphatic heterocycles. The van der Waals surface area contributed by atoms with Gasteiger partial charge in [-0.2, -0.15) is 0 Å². The van der Waals surface area contributed by atoms with Crippen LogP contribution in [0, 0.1) is 5.92 Å². The van der Waals surface area contributed by atoms with Crippen LogP contribution in [-0.2, 0) is 25.7 Å². The second kappa shape index (κ2) is 10.6. The van der Waals surface area contributed by atoms with Crippen molar-refractivity contribution in [3.63, 3.8) is 0 Å². The molecule has 1 saturated heterocycles. The Hall–Kier alpha value is -2.45. The first-order chi connectivity index (χ1) is 13.1. The average molecular weight is 377 g/mol. The van der Waals surface area contributed by atoms with Crippen molar-refractivity contribution in [1.29, 1.82) is 0 Å². The van der Waals surface area contributed by atoms with Crippen LogP contribution in [0.4, 0.5) is 0 Å². The maximum absolute atomic E-state index is 12.9. The normalized spacial score (nSPS) is 17.4. The quantitative estimate of drug-likeness (QED) is 0.362. The number of benzene rings is 1. The number of carbonyl (C=O) groups excluding carboxylic acids is 3. The number of rotatable bonds is 10. The molecule has 0 aliphatic carbocycles. The summed E-state index contributed by atoms with van der Waals surface area (Å²) >= 11 is 0. The predicted octanol–water partition coefficient (Wildman–Crippen LogP) is 1.14. The van der Waals surface area contributed by atoms with Crippen molar-refractivity contribution in [2.45, 2.75) is 38.8 Å². The van der Waals surface area contributed by atoms with E-state index in [2.05, 4.69) is 5.32 Å². The molecule has 3 amide bonds. The van der Waals surface area contributed by atoms with E-state index in [1.165, 1.54) is 4.90 Å². The number of carbonyl (C=O) groups is 3. The van der Waals surface area contributed by atoms with Gasteiger partial charge in [-0.1, -0.05) is 50.1 Å². The topological polar surface area (TPSA) is 99.2 Å². The smallest absolute Gasteiger partial charge is 0.245 e. The van der Waals surface area contributed by atoms with Crippen LogP contribution in [0.15, 0.2) is 30.3 Å². The zero-order valence-electron chi connectivity index (χ0n) is 15.5. The van der Waals surface area contributed by atoms with Gasteiger partial charge < -0.3 is 15.0 Å². The Morgan fingerprint density at radius 1 is 1.41 bits per heavy atom. The Balaban J connectivity index is 1.99. The molecule has 0 saturated carbocycles. The second-order valence-corrected chi connectivity index (χ2v) is 6.59. The van der Waals surface area contributed by atoms with Crippen molar-refractivity contribution in [3.05, 3.63) is 35.9 Å². The number of hydrogen-bond donors (Lipinski definition) is 2. The molecule has 0 unspecified atom stereocenters. The Morgan fingerprint density at radius 3 is 2.81 bits per heavy atom. The first kappa shape index (κ1) is 20.9. The molecule has 1 aliphatic rings. The van der Waals surface area contributed by atoms with Gasteiger partial charge in [0.15, 0.2) is 0 Å². The SMILES string of the molecule is CCCC[C@H](CN(O)C=O)C(=O)N1COC[C@H]1C(=O)NCc1ccccc1. The van der Waals surface area contributed by atoms with E-state index < -0.39 is 12.0 Å². The lowest BCUT2D eigenvalue weighted by molar-refractivity contribution is -0.158. The number of nitrogens with zero attached hydrogens (tertiary/aromatic N) is 2. The molecular formula is C19H27N3O5. The van der Waals surface area contributed by atoms with E-state index in [1.807, 2.05) is 37.3 Å². The van der Waals surface area contributed by atoms with Gasteiger partial charge >= 0.3 is 0 Å². The predicted molar refractivity (Wildman–Crippen MR) is 97.3 cm³/mol. The minimum absolute atomic E-state index is 0.0252. The molecule has 27 heavy (non-hydrogen) atoms. The van der Waals surface area contributed by atoms with Gasteiger partial charge in [-0.15, -0.1) is 0 Å². The standard InChI is InChI=1S/C19H27N3O5/c1-2-3-9-16(11-21(26)13-23)19(25)22-14-27-12-17(22)18(24)20-10-15-7-5-4-6-8-15/h4-8,13,16-17,26H,2-3,9-12,14H2,1H3,(H,20,24)/t16-,17+/m1/s1. The van der Waals surface area contributed by atoms with E-state index in [4.69, 9.17) is 4.74 Å². The van der Waals surface area contributed by atoms with E-state index in [9.17, 15) is 19.6 Å². The minimum Gasteiger partial charge on any atom is -0.358 e. The summed E-state index contributed by atoms with van der Waals surface area (Å²) in [7, 11) is 0. The van der Waals surface area contributed by atoms with E-state index in [0.29, 0.717) is 18.0 Å². The third-order valence-corrected chi connectivity index (χ3v) is 4.56. The molecule has 8 nitrogen and oxygen atoms in total.